The predicted octanol–water partition coefficient (Wildman–Crippen LogP) is 4.98. The number of aliphatic hydroxyl groups excluding tert-OH is 1. The minimum Gasteiger partial charge on any atom is -0.506 e. The summed E-state index contributed by atoms with van der Waals surface area (Å²) in [4.78, 5) is 42.8. The lowest BCUT2D eigenvalue weighted by Gasteiger charge is -2.43. The largest absolute Gasteiger partial charge is 0.506 e. The van der Waals surface area contributed by atoms with Crippen LogP contribution in [-0.2, 0) is 16.1 Å². The first-order valence-electron chi connectivity index (χ1n) is 17.9. The average molecular weight is 718 g/mol. The molecule has 5 aromatic rings. The molecule has 0 unspecified atom stereocenters. The molecule has 53 heavy (non-hydrogen) atoms. The molecule has 0 radical (unpaired) electrons. The molecule has 3 aliphatic rings. The monoisotopic (exact) mass is 717 g/mol. The van der Waals surface area contributed by atoms with Gasteiger partial charge in [0.1, 0.15) is 17.6 Å². The van der Waals surface area contributed by atoms with Gasteiger partial charge in [-0.25, -0.2) is 4.79 Å². The maximum Gasteiger partial charge on any atom is 0.408 e. The first-order chi connectivity index (χ1) is 25.8. The van der Waals surface area contributed by atoms with Crippen LogP contribution in [-0.4, -0.2) is 71.0 Å². The Morgan fingerprint density at radius 3 is 2.49 bits per heavy atom. The van der Waals surface area contributed by atoms with Crippen molar-refractivity contribution in [3.8, 4) is 11.5 Å². The van der Waals surface area contributed by atoms with Gasteiger partial charge in [0, 0.05) is 36.8 Å². The Kier molecular flexibility index (Phi) is 11.0. The number of nitrogens with zero attached hydrogens (tertiary/aromatic N) is 1. The molecule has 6 N–H and O–H groups in total. The van der Waals surface area contributed by atoms with Crippen molar-refractivity contribution >= 4 is 28.6 Å². The van der Waals surface area contributed by atoms with Gasteiger partial charge < -0.3 is 40.6 Å². The van der Waals surface area contributed by atoms with Gasteiger partial charge in [0.15, 0.2) is 6.61 Å². The third-order valence-corrected chi connectivity index (χ3v) is 9.95. The van der Waals surface area contributed by atoms with Crippen molar-refractivity contribution in [2.45, 2.75) is 37.6 Å². The standard InChI is InChI=1S/C41H43N5O7/c47-34-14-12-32(33-13-15-37(49)44-40(33)34)35(48)23-42-22-26-6-4-10-30(20-26)43-38(50)25-52-31-11-5-9-29(21-31)39(28-7-2-1-3-8-28)45-41(51)53-36-24-46-18-16-27(36)17-19-46/h1-15,20-21,27,35-36,39,42,47-48H,16-19,22-25H2,(H,43,50)(H,44,49)(H,45,51)/t35-,36+,39-/m0/s1. The van der Waals surface area contributed by atoms with Gasteiger partial charge in [-0.1, -0.05) is 60.7 Å². The van der Waals surface area contributed by atoms with Gasteiger partial charge in [-0.3, -0.25) is 14.5 Å². The lowest BCUT2D eigenvalue weighted by atomic mass is 9.86. The number of aromatic amines is 1. The van der Waals surface area contributed by atoms with E-state index in [2.05, 4.69) is 25.8 Å². The van der Waals surface area contributed by atoms with Crippen LogP contribution in [0.5, 0.6) is 11.5 Å². The van der Waals surface area contributed by atoms with Crippen LogP contribution < -0.4 is 26.2 Å². The van der Waals surface area contributed by atoms with E-state index in [4.69, 9.17) is 9.47 Å². The highest BCUT2D eigenvalue weighted by atomic mass is 16.6. The van der Waals surface area contributed by atoms with Crippen LogP contribution in [0.15, 0.2) is 108 Å². The van der Waals surface area contributed by atoms with Gasteiger partial charge in [0.2, 0.25) is 5.56 Å². The number of ether oxygens (including phenoxy) is 2. The molecule has 3 fully saturated rings. The first kappa shape index (κ1) is 35.7. The number of carbonyl (C=O) groups excluding carboxylic acids is 2. The number of benzene rings is 4. The number of carbonyl (C=O) groups is 2. The minimum atomic E-state index is -0.898. The maximum absolute atomic E-state index is 13.2. The number of aromatic nitrogens is 1. The van der Waals surface area contributed by atoms with Crippen molar-refractivity contribution in [1.82, 2.24) is 20.5 Å². The van der Waals surface area contributed by atoms with Crippen LogP contribution in [0.3, 0.4) is 0 Å². The molecule has 4 heterocycles. The number of phenols is 1. The molecule has 0 spiro atoms. The maximum atomic E-state index is 13.2. The van der Waals surface area contributed by atoms with E-state index < -0.39 is 18.2 Å². The van der Waals surface area contributed by atoms with Crippen molar-refractivity contribution in [3.05, 3.63) is 136 Å². The normalized spacial score (nSPS) is 18.9. The Morgan fingerprint density at radius 1 is 0.906 bits per heavy atom. The van der Waals surface area contributed by atoms with E-state index >= 15 is 0 Å². The van der Waals surface area contributed by atoms with E-state index in [0.29, 0.717) is 34.8 Å². The lowest BCUT2D eigenvalue weighted by molar-refractivity contribution is -0.118. The number of hydrogen-bond acceptors (Lipinski definition) is 9. The topological polar surface area (TPSA) is 165 Å². The second-order valence-corrected chi connectivity index (χ2v) is 13.6. The van der Waals surface area contributed by atoms with Crippen LogP contribution >= 0.6 is 0 Å². The number of fused-ring (bicyclic) bond motifs is 4. The van der Waals surface area contributed by atoms with E-state index in [9.17, 15) is 24.6 Å². The number of anilines is 1. The van der Waals surface area contributed by atoms with Crippen molar-refractivity contribution in [2.24, 2.45) is 5.92 Å². The number of amides is 2. The van der Waals surface area contributed by atoms with Gasteiger partial charge >= 0.3 is 6.09 Å². The van der Waals surface area contributed by atoms with E-state index in [0.717, 1.165) is 49.2 Å². The zero-order chi connectivity index (χ0) is 36.7. The van der Waals surface area contributed by atoms with Crippen molar-refractivity contribution in [2.75, 3.05) is 38.1 Å². The summed E-state index contributed by atoms with van der Waals surface area (Å²) in [6.45, 7) is 3.30. The van der Waals surface area contributed by atoms with Crippen molar-refractivity contribution in [3.63, 3.8) is 0 Å². The molecule has 2 amide bonds. The fourth-order valence-corrected chi connectivity index (χ4v) is 7.24. The molecule has 4 aromatic carbocycles. The molecule has 0 saturated carbocycles. The van der Waals surface area contributed by atoms with Crippen molar-refractivity contribution in [1.29, 1.82) is 0 Å². The summed E-state index contributed by atoms with van der Waals surface area (Å²) in [7, 11) is 0. The molecule has 3 aliphatic heterocycles. The van der Waals surface area contributed by atoms with E-state index in [-0.39, 0.29) is 42.0 Å². The van der Waals surface area contributed by atoms with Crippen LogP contribution in [0.2, 0.25) is 0 Å². The Labute approximate surface area is 306 Å². The van der Waals surface area contributed by atoms with E-state index in [1.807, 2.05) is 66.7 Å². The summed E-state index contributed by atoms with van der Waals surface area (Å²) in [5, 5.41) is 30.7. The SMILES string of the molecule is O=C(COc1cccc([C@@H](NC(=O)O[C@@H]2CN3CCC2CC3)c2ccccc2)c1)Nc1cccc(CNC[C@H](O)c2ccc(O)c3[nH]c(=O)ccc23)c1. The highest BCUT2D eigenvalue weighted by Gasteiger charge is 2.37. The van der Waals surface area contributed by atoms with Gasteiger partial charge in [-0.05, 0) is 90.5 Å². The molecule has 274 valence electrons. The molecule has 3 atom stereocenters. The molecule has 12 heteroatoms. The van der Waals surface area contributed by atoms with Crippen LogP contribution in [0.25, 0.3) is 10.9 Å². The summed E-state index contributed by atoms with van der Waals surface area (Å²) in [5.74, 6) is 0.473. The number of aliphatic hydroxyl groups is 1. The summed E-state index contributed by atoms with van der Waals surface area (Å²) >= 11 is 0. The summed E-state index contributed by atoms with van der Waals surface area (Å²) < 4.78 is 11.8. The van der Waals surface area contributed by atoms with Crippen LogP contribution in [0, 0.1) is 5.92 Å². The molecular formula is C41H43N5O7. The fourth-order valence-electron chi connectivity index (χ4n) is 7.24. The van der Waals surface area contributed by atoms with Gasteiger partial charge in [-0.15, -0.1) is 0 Å². The Hall–Kier alpha value is -5.69. The van der Waals surface area contributed by atoms with Crippen LogP contribution in [0.1, 0.15) is 47.2 Å². The number of H-pyrrole nitrogens is 1. The summed E-state index contributed by atoms with van der Waals surface area (Å²) in [6.07, 6.45) is 0.632. The molecular weight excluding hydrogens is 674 g/mol. The smallest absolute Gasteiger partial charge is 0.408 e. The third kappa shape index (κ3) is 8.86. The molecule has 0 aliphatic carbocycles. The molecule has 1 aromatic heterocycles. The van der Waals surface area contributed by atoms with Crippen LogP contribution in [0.4, 0.5) is 10.5 Å². The van der Waals surface area contributed by atoms with E-state index in [1.165, 1.54) is 12.1 Å². The third-order valence-electron chi connectivity index (χ3n) is 9.95. The number of pyridine rings is 1. The zero-order valence-corrected chi connectivity index (χ0v) is 29.2. The lowest BCUT2D eigenvalue weighted by Crippen LogP contribution is -2.52. The second kappa shape index (κ2) is 16.3. The molecule has 8 rings (SSSR count). The van der Waals surface area contributed by atoms with Gasteiger partial charge in [-0.2, -0.15) is 0 Å². The predicted molar refractivity (Wildman–Crippen MR) is 201 cm³/mol. The fraction of sp³-hybridized carbons (Fsp3) is 0.293. The quantitative estimate of drug-likeness (QED) is 0.0985. The number of aromatic hydroxyl groups is 1. The summed E-state index contributed by atoms with van der Waals surface area (Å²) in [6, 6.07) is 29.9. The zero-order valence-electron chi connectivity index (χ0n) is 29.2. The molecule has 2 bridgehead atoms. The van der Waals surface area contributed by atoms with Gasteiger partial charge in [0.25, 0.3) is 5.91 Å². The molecule has 3 saturated heterocycles. The number of rotatable bonds is 13. The van der Waals surface area contributed by atoms with Gasteiger partial charge in [0.05, 0.1) is 17.7 Å². The minimum absolute atomic E-state index is 0.0677. The highest BCUT2D eigenvalue weighted by molar-refractivity contribution is 5.92. The summed E-state index contributed by atoms with van der Waals surface area (Å²) in [5.41, 5.74) is 3.67. The number of alkyl carbamates (subject to hydrolysis) is 1. The Bertz CT molecular complexity index is 2120. The number of piperidine rings is 3. The average Bonchev–Trinajstić information content (AvgIpc) is 3.17. The number of nitrogens with one attached hydrogen (secondary N) is 4. The number of hydrogen-bond donors (Lipinski definition) is 6. The van der Waals surface area contributed by atoms with Crippen molar-refractivity contribution < 1.29 is 29.3 Å². The highest BCUT2D eigenvalue weighted by Crippen LogP contribution is 2.31. The van der Waals surface area contributed by atoms with E-state index in [1.54, 1.807) is 24.3 Å². The Morgan fingerprint density at radius 2 is 1.70 bits per heavy atom. The first-order valence-corrected chi connectivity index (χ1v) is 17.9. The number of phenolic OH excluding ortho intramolecular Hbond substituents is 1. The second-order valence-electron chi connectivity index (χ2n) is 13.6. The molecule has 12 nitrogen and oxygen atoms in total. The Balaban J connectivity index is 0.926.